The number of rotatable bonds is 60. The van der Waals surface area contributed by atoms with E-state index in [0.29, 0.717) is 25.9 Å². The van der Waals surface area contributed by atoms with E-state index in [1.54, 1.807) is 0 Å². The fraction of sp³-hybridized carbons (Fsp3) is 0.968. The molecule has 0 aliphatic rings. The quantitative estimate of drug-likeness (QED) is 0.0417. The lowest BCUT2D eigenvalue weighted by Crippen LogP contribution is -2.45. The van der Waals surface area contributed by atoms with Crippen LogP contribution in [0.15, 0.2) is 0 Å². The van der Waals surface area contributed by atoms with Crippen LogP contribution in [-0.2, 0) is 14.3 Å². The van der Waals surface area contributed by atoms with Crippen LogP contribution in [0.4, 0.5) is 0 Å². The number of carbonyl (C=O) groups is 2. The lowest BCUT2D eigenvalue weighted by Gasteiger charge is -2.22. The highest BCUT2D eigenvalue weighted by Gasteiger charge is 2.20. The van der Waals surface area contributed by atoms with Crippen LogP contribution in [-0.4, -0.2) is 47.4 Å². The molecule has 6 nitrogen and oxygen atoms in total. The Bertz CT molecular complexity index is 990. The molecule has 412 valence electrons. The van der Waals surface area contributed by atoms with Crippen molar-refractivity contribution in [3.63, 3.8) is 0 Å². The molecule has 0 rings (SSSR count). The zero-order valence-corrected chi connectivity index (χ0v) is 47.1. The minimum atomic E-state index is -0.662. The van der Waals surface area contributed by atoms with Gasteiger partial charge in [-0.25, -0.2) is 0 Å². The van der Waals surface area contributed by atoms with Crippen LogP contribution in [0.2, 0.25) is 0 Å². The summed E-state index contributed by atoms with van der Waals surface area (Å²) in [6, 6.07) is -0.540. The van der Waals surface area contributed by atoms with Gasteiger partial charge in [-0.3, -0.25) is 9.59 Å². The third-order valence-electron chi connectivity index (χ3n) is 15.2. The van der Waals surface area contributed by atoms with E-state index >= 15 is 0 Å². The molecule has 0 aromatic rings. The Morgan fingerprint density at radius 2 is 0.594 bits per heavy atom. The Morgan fingerprint density at radius 3 is 0.884 bits per heavy atom. The summed E-state index contributed by atoms with van der Waals surface area (Å²) in [4.78, 5) is 24.6. The van der Waals surface area contributed by atoms with Gasteiger partial charge < -0.3 is 20.3 Å². The van der Waals surface area contributed by atoms with Gasteiger partial charge in [-0.1, -0.05) is 328 Å². The van der Waals surface area contributed by atoms with Crippen molar-refractivity contribution >= 4 is 11.9 Å². The Balaban J connectivity index is 3.34. The number of carbonyl (C=O) groups excluding carboxylic acids is 2. The average Bonchev–Trinajstić information content (AvgIpc) is 3.35. The molecule has 0 heterocycles. The van der Waals surface area contributed by atoms with E-state index in [-0.39, 0.29) is 18.5 Å². The van der Waals surface area contributed by atoms with Crippen LogP contribution in [0.25, 0.3) is 0 Å². The molecule has 0 bridgehead atoms. The van der Waals surface area contributed by atoms with Gasteiger partial charge in [0.05, 0.1) is 25.4 Å². The Labute approximate surface area is 432 Å². The molecule has 0 aromatic heterocycles. The highest BCUT2D eigenvalue weighted by atomic mass is 16.5. The van der Waals surface area contributed by atoms with E-state index in [1.807, 2.05) is 0 Å². The first-order valence-electron chi connectivity index (χ1n) is 31.8. The number of hydrogen-bond donors (Lipinski definition) is 3. The van der Waals surface area contributed by atoms with Crippen molar-refractivity contribution in [2.45, 2.75) is 379 Å². The molecule has 69 heavy (non-hydrogen) atoms. The molecule has 6 heteroatoms. The second-order valence-electron chi connectivity index (χ2n) is 22.1. The molecule has 1 amide bonds. The van der Waals surface area contributed by atoms with Gasteiger partial charge in [0.15, 0.2) is 0 Å². The molecule has 0 aliphatic carbocycles. The average molecular weight is 977 g/mol. The molecular weight excluding hydrogens is 851 g/mol. The van der Waals surface area contributed by atoms with E-state index in [9.17, 15) is 19.8 Å². The number of aliphatic hydroxyl groups excluding tert-OH is 2. The minimum absolute atomic E-state index is 0.0178. The highest BCUT2D eigenvalue weighted by Crippen LogP contribution is 2.19. The van der Waals surface area contributed by atoms with Crippen LogP contribution >= 0.6 is 0 Å². The molecular formula is C63H125NO5. The minimum Gasteiger partial charge on any atom is -0.466 e. The second-order valence-corrected chi connectivity index (χ2v) is 22.1. The Hall–Kier alpha value is -1.14. The smallest absolute Gasteiger partial charge is 0.305 e. The first-order valence-corrected chi connectivity index (χ1v) is 31.8. The summed E-state index contributed by atoms with van der Waals surface area (Å²) >= 11 is 0. The van der Waals surface area contributed by atoms with Crippen molar-refractivity contribution in [2.24, 2.45) is 0 Å². The van der Waals surface area contributed by atoms with E-state index in [2.05, 4.69) is 19.2 Å². The third kappa shape index (κ3) is 56.0. The number of esters is 1. The van der Waals surface area contributed by atoms with Crippen LogP contribution in [0.1, 0.15) is 367 Å². The number of amides is 1. The lowest BCUT2D eigenvalue weighted by molar-refractivity contribution is -0.143. The summed E-state index contributed by atoms with van der Waals surface area (Å²) in [6.45, 7) is 4.99. The summed E-state index contributed by atoms with van der Waals surface area (Å²) in [5.41, 5.74) is 0. The topological polar surface area (TPSA) is 95.9 Å². The largest absolute Gasteiger partial charge is 0.466 e. The van der Waals surface area contributed by atoms with Crippen molar-refractivity contribution < 1.29 is 24.5 Å². The monoisotopic (exact) mass is 976 g/mol. The molecule has 0 spiro atoms. The summed E-state index contributed by atoms with van der Waals surface area (Å²) in [6.07, 6.45) is 69.7. The molecule has 0 aliphatic heterocycles. The molecule has 2 unspecified atom stereocenters. The van der Waals surface area contributed by atoms with Crippen LogP contribution in [0, 0.1) is 0 Å². The van der Waals surface area contributed by atoms with E-state index in [0.717, 1.165) is 38.5 Å². The number of hydrogen-bond acceptors (Lipinski definition) is 5. The number of unbranched alkanes of at least 4 members (excludes halogenated alkanes) is 49. The zero-order chi connectivity index (χ0) is 50.0. The fourth-order valence-electron chi connectivity index (χ4n) is 10.3. The van der Waals surface area contributed by atoms with Crippen LogP contribution in [0.5, 0.6) is 0 Å². The van der Waals surface area contributed by atoms with E-state index < -0.39 is 12.1 Å². The molecule has 2 atom stereocenters. The highest BCUT2D eigenvalue weighted by molar-refractivity contribution is 5.76. The van der Waals surface area contributed by atoms with Crippen molar-refractivity contribution in [2.75, 3.05) is 13.2 Å². The third-order valence-corrected chi connectivity index (χ3v) is 15.2. The number of ether oxygens (including phenoxy) is 1. The second kappa shape index (κ2) is 59.4. The van der Waals surface area contributed by atoms with Gasteiger partial charge in [0, 0.05) is 12.8 Å². The normalized spacial score (nSPS) is 12.5. The number of nitrogens with one attached hydrogen (secondary N) is 1. The SMILES string of the molecule is CCCCCCCCCCCCCCCCCCC(=O)OCCCCCCCCCCCCCCCCCCCCCCCCC(=O)NC(CO)C(O)CCCCCCCCCCCCCCCC. The fourth-order valence-corrected chi connectivity index (χ4v) is 10.3. The molecule has 3 N–H and O–H groups in total. The Kier molecular flexibility index (Phi) is 58.4. The number of aliphatic hydroxyl groups is 2. The molecule has 0 saturated heterocycles. The van der Waals surface area contributed by atoms with E-state index in [1.165, 1.54) is 295 Å². The summed E-state index contributed by atoms with van der Waals surface area (Å²) in [5, 5.41) is 23.3. The zero-order valence-electron chi connectivity index (χ0n) is 47.1. The summed E-state index contributed by atoms with van der Waals surface area (Å²) in [5.74, 6) is -0.0145. The van der Waals surface area contributed by atoms with Gasteiger partial charge in [0.1, 0.15) is 0 Å². The maximum absolute atomic E-state index is 12.5. The summed E-state index contributed by atoms with van der Waals surface area (Å²) in [7, 11) is 0. The van der Waals surface area contributed by atoms with Crippen LogP contribution < -0.4 is 5.32 Å². The lowest BCUT2D eigenvalue weighted by atomic mass is 10.0. The van der Waals surface area contributed by atoms with Crippen molar-refractivity contribution in [1.82, 2.24) is 5.32 Å². The molecule has 0 aromatic carbocycles. The van der Waals surface area contributed by atoms with Crippen LogP contribution in [0.3, 0.4) is 0 Å². The predicted molar refractivity (Wildman–Crippen MR) is 301 cm³/mol. The van der Waals surface area contributed by atoms with Gasteiger partial charge >= 0.3 is 5.97 Å². The first kappa shape index (κ1) is 67.9. The van der Waals surface area contributed by atoms with Gasteiger partial charge in [-0.05, 0) is 25.7 Å². The van der Waals surface area contributed by atoms with Crippen molar-refractivity contribution in [3.05, 3.63) is 0 Å². The maximum Gasteiger partial charge on any atom is 0.305 e. The van der Waals surface area contributed by atoms with Crippen molar-refractivity contribution in [3.8, 4) is 0 Å². The molecule has 0 saturated carbocycles. The van der Waals surface area contributed by atoms with Crippen molar-refractivity contribution in [1.29, 1.82) is 0 Å². The Morgan fingerprint density at radius 1 is 0.348 bits per heavy atom. The summed E-state index contributed by atoms with van der Waals surface area (Å²) < 4.78 is 5.50. The predicted octanol–water partition coefficient (Wildman–Crippen LogP) is 19.9. The first-order chi connectivity index (χ1) is 34.0. The molecule has 0 fully saturated rings. The van der Waals surface area contributed by atoms with Gasteiger partial charge in [-0.15, -0.1) is 0 Å². The van der Waals surface area contributed by atoms with E-state index in [4.69, 9.17) is 4.74 Å². The van der Waals surface area contributed by atoms with Gasteiger partial charge in [0.2, 0.25) is 5.91 Å². The van der Waals surface area contributed by atoms with Gasteiger partial charge in [-0.2, -0.15) is 0 Å². The maximum atomic E-state index is 12.5. The molecule has 0 radical (unpaired) electrons. The van der Waals surface area contributed by atoms with Gasteiger partial charge in [0.25, 0.3) is 0 Å². The standard InChI is InChI=1S/C63H125NO5/c1-3-5-7-9-11-13-15-17-19-29-33-37-41-45-49-53-57-63(68)69-58-54-50-46-42-38-34-30-27-25-23-21-20-22-24-26-28-32-36-40-44-48-52-56-62(67)64-60(59-65)61(66)55-51-47-43-39-35-31-18-16-14-12-10-8-6-4-2/h60-61,65-66H,3-59H2,1-2H3,(H,64,67).